The minimum Gasteiger partial charge on any atom is -0.379 e. The molecule has 0 spiro atoms. The summed E-state index contributed by atoms with van der Waals surface area (Å²) >= 11 is 6.46. The minimum atomic E-state index is -5.46. The predicted molar refractivity (Wildman–Crippen MR) is 204 cm³/mol. The van der Waals surface area contributed by atoms with Crippen molar-refractivity contribution in [1.82, 2.24) is 29.9 Å². The number of rotatable bonds is 28. The van der Waals surface area contributed by atoms with Crippen molar-refractivity contribution < 1.29 is 56.1 Å². The fourth-order valence-electron chi connectivity index (χ4n) is 4.92. The first-order valence-electron chi connectivity index (χ1n) is 18.2. The van der Waals surface area contributed by atoms with Crippen LogP contribution in [0.25, 0.3) is 11.2 Å². The van der Waals surface area contributed by atoms with Crippen LogP contribution < -0.4 is 16.6 Å². The van der Waals surface area contributed by atoms with Gasteiger partial charge in [-0.3, -0.25) is 23.9 Å². The van der Waals surface area contributed by atoms with E-state index in [1.165, 1.54) is 4.57 Å². The quantitative estimate of drug-likeness (QED) is 0.0415. The number of aromatic nitrogens is 4. The molecule has 0 aliphatic carbocycles. The van der Waals surface area contributed by atoms with Crippen LogP contribution in [0, 0.1) is 0 Å². The lowest BCUT2D eigenvalue weighted by Crippen LogP contribution is -2.52. The van der Waals surface area contributed by atoms with Gasteiger partial charge in [0.25, 0.3) is 11.5 Å². The van der Waals surface area contributed by atoms with Gasteiger partial charge in [-0.05, 0) is 18.4 Å². The third-order valence-corrected chi connectivity index (χ3v) is 8.98. The van der Waals surface area contributed by atoms with E-state index in [9.17, 15) is 32.3 Å². The summed E-state index contributed by atoms with van der Waals surface area (Å²) in [5.41, 5.74) is 5.91. The van der Waals surface area contributed by atoms with Crippen molar-refractivity contribution in [2.45, 2.75) is 56.5 Å². The lowest BCUT2D eigenvalue weighted by molar-refractivity contribution is -0.241. The molecule has 2 heterocycles. The van der Waals surface area contributed by atoms with Gasteiger partial charge >= 0.3 is 12.1 Å². The summed E-state index contributed by atoms with van der Waals surface area (Å²) in [6.07, 6.45) is -1.23. The number of ether oxygens (including phenoxy) is 5. The van der Waals surface area contributed by atoms with Crippen LogP contribution in [0.4, 0.5) is 19.1 Å². The molecule has 57 heavy (non-hydrogen) atoms. The van der Waals surface area contributed by atoms with Crippen LogP contribution in [0.5, 0.6) is 0 Å². The predicted octanol–water partition coefficient (Wildman–Crippen LogP) is 3.08. The molecule has 0 fully saturated rings. The average Bonchev–Trinajstić information content (AvgIpc) is 3.51. The van der Waals surface area contributed by atoms with Gasteiger partial charge in [-0.2, -0.15) is 23.2 Å². The Labute approximate surface area is 336 Å². The number of H-pyrrole nitrogens is 1. The number of nitrogen functional groups attached to an aromatic ring is 1. The van der Waals surface area contributed by atoms with Crippen LogP contribution in [-0.4, -0.2) is 139 Å². The number of imidazole rings is 1. The topological polar surface area (TPSA) is 211 Å². The highest BCUT2D eigenvalue weighted by Crippen LogP contribution is 2.26. The standard InChI is InChI=1S/C35H49ClF3N7O10S/c1-25(47)46(56-32(50)35(37,38)39)27(24-57-34-42-28-29(43-33(40)44-31(28)49)45(34)23-26-9-5-4-6-10-26)30(48)41-12-14-52-16-18-54-20-22-55-21-19-53-17-15-51-13-8-3-2-7-11-36/h4-6,9-10,27H,2-3,7-8,11-24H2,1H3,(H,41,48)(H3,40,43,44,49)/t27-/m0/s1. The Hall–Kier alpha value is -3.99. The first-order chi connectivity index (χ1) is 27.4. The van der Waals surface area contributed by atoms with Crippen molar-refractivity contribution in [2.24, 2.45) is 0 Å². The fraction of sp³-hybridized carbons (Fsp3) is 0.600. The summed E-state index contributed by atoms with van der Waals surface area (Å²) in [6, 6.07) is 7.20. The third-order valence-electron chi connectivity index (χ3n) is 7.66. The van der Waals surface area contributed by atoms with Crippen molar-refractivity contribution >= 4 is 58.3 Å². The molecule has 0 aliphatic heterocycles. The zero-order valence-corrected chi connectivity index (χ0v) is 33.1. The van der Waals surface area contributed by atoms with Crippen LogP contribution in [0.1, 0.15) is 38.2 Å². The molecule has 0 radical (unpaired) electrons. The van der Waals surface area contributed by atoms with Crippen LogP contribution >= 0.6 is 23.4 Å². The van der Waals surface area contributed by atoms with E-state index in [2.05, 4.69) is 25.1 Å². The number of anilines is 1. The number of alkyl halides is 4. The van der Waals surface area contributed by atoms with Crippen LogP contribution in [0.3, 0.4) is 0 Å². The maximum atomic E-state index is 13.4. The van der Waals surface area contributed by atoms with Gasteiger partial charge in [0.15, 0.2) is 22.4 Å². The summed E-state index contributed by atoms with van der Waals surface area (Å²) in [5, 5.41) is 2.65. The Balaban J connectivity index is 1.46. The number of hydroxylamine groups is 2. The molecule has 0 saturated heterocycles. The minimum absolute atomic E-state index is 0.0221. The van der Waals surface area contributed by atoms with Crippen molar-refractivity contribution in [2.75, 3.05) is 90.0 Å². The molecule has 0 unspecified atom stereocenters. The van der Waals surface area contributed by atoms with Gasteiger partial charge in [0.1, 0.15) is 0 Å². The number of fused-ring (bicyclic) bond motifs is 1. The Morgan fingerprint density at radius 1 is 0.895 bits per heavy atom. The first-order valence-corrected chi connectivity index (χ1v) is 19.7. The van der Waals surface area contributed by atoms with Gasteiger partial charge < -0.3 is 39.6 Å². The van der Waals surface area contributed by atoms with Crippen molar-refractivity contribution in [3.63, 3.8) is 0 Å². The van der Waals surface area contributed by atoms with Gasteiger partial charge in [0, 0.05) is 31.7 Å². The number of hydrogen-bond acceptors (Lipinski definition) is 14. The van der Waals surface area contributed by atoms with E-state index < -0.39 is 41.3 Å². The zero-order chi connectivity index (χ0) is 41.5. The third kappa shape index (κ3) is 17.6. The monoisotopic (exact) mass is 851 g/mol. The molecule has 3 rings (SSSR count). The Kier molecular flexibility index (Phi) is 21.7. The van der Waals surface area contributed by atoms with Gasteiger partial charge in [-0.15, -0.1) is 11.6 Å². The second kappa shape index (κ2) is 26.1. The molecular weight excluding hydrogens is 803 g/mol. The summed E-state index contributed by atoms with van der Waals surface area (Å²) < 4.78 is 68.4. The Bertz CT molecular complexity index is 1720. The van der Waals surface area contributed by atoms with Crippen molar-refractivity contribution in [3.8, 4) is 0 Å². The number of nitrogens with two attached hydrogens (primary N) is 1. The lowest BCUT2D eigenvalue weighted by Gasteiger charge is -2.28. The van der Waals surface area contributed by atoms with Gasteiger partial charge in [0.2, 0.25) is 11.9 Å². The van der Waals surface area contributed by atoms with Crippen LogP contribution in [0.15, 0.2) is 40.3 Å². The number of unbranched alkanes of at least 4 members (excludes halogenated alkanes) is 3. The number of nitrogens with zero attached hydrogens (tertiary/aromatic N) is 4. The zero-order valence-electron chi connectivity index (χ0n) is 31.6. The number of nitrogens with one attached hydrogen (secondary N) is 2. The smallest absolute Gasteiger partial charge is 0.379 e. The van der Waals surface area contributed by atoms with E-state index in [0.717, 1.165) is 49.9 Å². The van der Waals surface area contributed by atoms with Crippen LogP contribution in [-0.2, 0) is 49.5 Å². The number of benzene rings is 1. The molecule has 3 aromatic rings. The number of halogens is 4. The molecule has 1 atom stereocenters. The maximum Gasteiger partial charge on any atom is 0.493 e. The number of aromatic amines is 1. The van der Waals surface area contributed by atoms with E-state index in [4.69, 9.17) is 41.0 Å². The van der Waals surface area contributed by atoms with E-state index >= 15 is 0 Å². The summed E-state index contributed by atoms with van der Waals surface area (Å²) in [7, 11) is 0. The highest BCUT2D eigenvalue weighted by atomic mass is 35.5. The van der Waals surface area contributed by atoms with E-state index in [0.29, 0.717) is 52.1 Å². The molecule has 4 N–H and O–H groups in total. The van der Waals surface area contributed by atoms with Crippen molar-refractivity contribution in [3.05, 3.63) is 46.2 Å². The molecule has 2 aromatic heterocycles. The first kappa shape index (κ1) is 47.4. The average molecular weight is 852 g/mol. The summed E-state index contributed by atoms with van der Waals surface area (Å²) in [4.78, 5) is 65.6. The number of thioether (sulfide) groups is 1. The Morgan fingerprint density at radius 3 is 2.05 bits per heavy atom. The number of carbonyl (C=O) groups excluding carboxylic acids is 3. The van der Waals surface area contributed by atoms with Crippen molar-refractivity contribution in [1.29, 1.82) is 0 Å². The van der Waals surface area contributed by atoms with Gasteiger partial charge in [-0.1, -0.05) is 54.9 Å². The second-order valence-electron chi connectivity index (χ2n) is 12.1. The fourth-order valence-corrected chi connectivity index (χ4v) is 6.16. The molecule has 0 bridgehead atoms. The summed E-state index contributed by atoms with van der Waals surface area (Å²) in [5.74, 6) is -4.78. The van der Waals surface area contributed by atoms with E-state index in [1.807, 2.05) is 0 Å². The van der Waals surface area contributed by atoms with Crippen LogP contribution in [0.2, 0.25) is 0 Å². The molecule has 0 aliphatic rings. The number of carbonyl (C=O) groups is 3. The summed E-state index contributed by atoms with van der Waals surface area (Å²) in [6.45, 7) is 4.38. The van der Waals surface area contributed by atoms with E-state index in [1.54, 1.807) is 30.3 Å². The normalized spacial score (nSPS) is 12.2. The molecule has 1 aromatic carbocycles. The second-order valence-corrected chi connectivity index (χ2v) is 13.5. The SMILES string of the molecule is CC(=O)N(OC(=O)C(F)(F)F)[C@@H](CSc1nc2c(=O)[nH]c(N)nc2n1Cc1ccccc1)C(=O)NCCOCCOCCOCCOCCOCCCCCCCl. The molecule has 318 valence electrons. The number of hydrogen-bond donors (Lipinski definition) is 3. The lowest BCUT2D eigenvalue weighted by atomic mass is 10.2. The highest BCUT2D eigenvalue weighted by molar-refractivity contribution is 7.99. The maximum absolute atomic E-state index is 13.4. The molecular formula is C35H49ClF3N7O10S. The largest absolute Gasteiger partial charge is 0.493 e. The molecule has 0 saturated carbocycles. The van der Waals surface area contributed by atoms with E-state index in [-0.39, 0.29) is 60.2 Å². The van der Waals surface area contributed by atoms with Gasteiger partial charge in [-0.25, -0.2) is 9.78 Å². The highest BCUT2D eigenvalue weighted by Gasteiger charge is 2.45. The molecule has 17 nitrogen and oxygen atoms in total. The Morgan fingerprint density at radius 2 is 1.47 bits per heavy atom. The van der Waals surface area contributed by atoms with Gasteiger partial charge in [0.05, 0.1) is 66.0 Å². The number of amides is 2. The molecule has 22 heteroatoms. The molecule has 2 amide bonds.